The van der Waals surface area contributed by atoms with Crippen LogP contribution in [0.2, 0.25) is 0 Å². The Morgan fingerprint density at radius 3 is 2.08 bits per heavy atom. The minimum Gasteiger partial charge on any atom is -0.345 e. The van der Waals surface area contributed by atoms with Gasteiger partial charge >= 0.3 is 0 Å². The number of allylic oxidation sites excluding steroid dienone is 4. The van der Waals surface area contributed by atoms with E-state index in [0.29, 0.717) is 0 Å². The van der Waals surface area contributed by atoms with Gasteiger partial charge in [-0.15, -0.1) is 0 Å². The van der Waals surface area contributed by atoms with E-state index in [9.17, 15) is 0 Å². The van der Waals surface area contributed by atoms with Gasteiger partial charge in [0.05, 0.1) is 11.4 Å². The van der Waals surface area contributed by atoms with Gasteiger partial charge in [0.1, 0.15) is 0 Å². The van der Waals surface area contributed by atoms with E-state index in [-0.39, 0.29) is 5.41 Å². The van der Waals surface area contributed by atoms with E-state index in [0.717, 1.165) is 13.0 Å². The first-order valence-corrected chi connectivity index (χ1v) is 19.6. The van der Waals surface area contributed by atoms with Crippen LogP contribution in [0.25, 0.3) is 28.9 Å². The second kappa shape index (κ2) is 13.5. The predicted octanol–water partition coefficient (Wildman–Crippen LogP) is 13.9. The van der Waals surface area contributed by atoms with Crippen molar-refractivity contribution >= 4 is 52.2 Å². The molecule has 260 valence electrons. The minimum atomic E-state index is -0.0762. The van der Waals surface area contributed by atoms with Crippen LogP contribution in [0.3, 0.4) is 0 Å². The molecule has 6 aromatic carbocycles. The average molecular weight is 705 g/mol. The van der Waals surface area contributed by atoms with E-state index >= 15 is 0 Å². The van der Waals surface area contributed by atoms with Gasteiger partial charge < -0.3 is 9.80 Å². The number of hydrogen-bond donors (Lipinski definition) is 0. The molecule has 0 aromatic heterocycles. The highest BCUT2D eigenvalue weighted by molar-refractivity contribution is 7.99. The van der Waals surface area contributed by atoms with Crippen LogP contribution in [0.15, 0.2) is 167 Å². The highest BCUT2D eigenvalue weighted by atomic mass is 32.2. The molecule has 0 spiro atoms. The molecule has 0 saturated carbocycles. The van der Waals surface area contributed by atoms with Crippen molar-refractivity contribution in [3.8, 4) is 11.1 Å². The number of hydrogen-bond acceptors (Lipinski definition) is 3. The zero-order chi connectivity index (χ0) is 36.1. The first-order valence-electron chi connectivity index (χ1n) is 18.8. The summed E-state index contributed by atoms with van der Waals surface area (Å²) in [5.74, 6) is 0. The van der Waals surface area contributed by atoms with Crippen LogP contribution in [0, 0.1) is 0 Å². The number of rotatable bonds is 6. The number of aryl methyl sites for hydroxylation is 1. The summed E-state index contributed by atoms with van der Waals surface area (Å²) in [6, 6.07) is 51.1. The van der Waals surface area contributed by atoms with Gasteiger partial charge in [-0.1, -0.05) is 135 Å². The number of nitrogens with zero attached hydrogens (tertiary/aromatic N) is 2. The predicted molar refractivity (Wildman–Crippen MR) is 228 cm³/mol. The summed E-state index contributed by atoms with van der Waals surface area (Å²) < 4.78 is 0. The molecule has 0 N–H and O–H groups in total. The lowest BCUT2D eigenvalue weighted by molar-refractivity contribution is 0.651. The first kappa shape index (κ1) is 33.3. The maximum atomic E-state index is 2.51. The molecule has 1 aliphatic carbocycles. The normalized spacial score (nSPS) is 16.0. The molecule has 53 heavy (non-hydrogen) atoms. The standard InChI is InChI=1S/C50H44N2S/c1-34(51-30-12-15-39-13-5-6-17-45(39)51)31-43-35(2)42-29-26-37(32-44(42)50(43,3)4)23-22-36-24-27-38(28-25-36)40-14-11-16-41(33-40)52-46-18-7-9-20-48(46)53-49-21-10-8-19-47(49)52/h5-11,13-14,16-29,31-33H,12,15,30H2,1-4H3. The molecule has 0 saturated heterocycles. The van der Waals surface area contributed by atoms with Gasteiger partial charge in [0.2, 0.25) is 0 Å². The monoisotopic (exact) mass is 704 g/mol. The van der Waals surface area contributed by atoms with Gasteiger partial charge in [-0.25, -0.2) is 0 Å². The van der Waals surface area contributed by atoms with E-state index in [4.69, 9.17) is 0 Å². The van der Waals surface area contributed by atoms with E-state index in [2.05, 4.69) is 195 Å². The Morgan fingerprint density at radius 1 is 0.660 bits per heavy atom. The fourth-order valence-electron chi connectivity index (χ4n) is 8.53. The molecular formula is C50H44N2S. The molecule has 0 radical (unpaired) electrons. The highest BCUT2D eigenvalue weighted by Crippen LogP contribution is 2.52. The van der Waals surface area contributed by atoms with E-state index < -0.39 is 0 Å². The van der Waals surface area contributed by atoms with E-state index in [1.54, 1.807) is 0 Å². The third-order valence-electron chi connectivity index (χ3n) is 11.3. The second-order valence-corrected chi connectivity index (χ2v) is 16.1. The number of anilines is 4. The van der Waals surface area contributed by atoms with E-state index in [1.807, 2.05) is 11.8 Å². The van der Waals surface area contributed by atoms with Gasteiger partial charge in [-0.2, -0.15) is 0 Å². The summed E-state index contributed by atoms with van der Waals surface area (Å²) in [6.07, 6.45) is 9.30. The molecule has 6 aromatic rings. The molecule has 0 amide bonds. The molecule has 3 aliphatic rings. The Bertz CT molecular complexity index is 2420. The van der Waals surface area contributed by atoms with Crippen molar-refractivity contribution in [3.63, 3.8) is 0 Å². The van der Waals surface area contributed by atoms with Gasteiger partial charge in [0, 0.05) is 38.8 Å². The van der Waals surface area contributed by atoms with Crippen molar-refractivity contribution in [3.05, 3.63) is 185 Å². The van der Waals surface area contributed by atoms with Crippen LogP contribution in [0.1, 0.15) is 61.9 Å². The second-order valence-electron chi connectivity index (χ2n) is 15.0. The number of fused-ring (bicyclic) bond motifs is 4. The molecule has 3 heteroatoms. The molecule has 0 unspecified atom stereocenters. The van der Waals surface area contributed by atoms with Crippen molar-refractivity contribution in [2.75, 3.05) is 16.3 Å². The van der Waals surface area contributed by atoms with Crippen LogP contribution in [0.5, 0.6) is 0 Å². The molecule has 2 aliphatic heterocycles. The average Bonchev–Trinajstić information content (AvgIpc) is 3.38. The Balaban J connectivity index is 0.942. The molecule has 2 heterocycles. The molecular weight excluding hydrogens is 661 g/mol. The molecule has 2 nitrogen and oxygen atoms in total. The molecule has 0 atom stereocenters. The fraction of sp³-hybridized carbons (Fsp3) is 0.160. The quantitative estimate of drug-likeness (QED) is 0.159. The molecule has 0 bridgehead atoms. The summed E-state index contributed by atoms with van der Waals surface area (Å²) in [4.78, 5) is 7.46. The first-order chi connectivity index (χ1) is 25.8. The fourth-order valence-corrected chi connectivity index (χ4v) is 9.59. The van der Waals surface area contributed by atoms with Crippen LogP contribution in [-0.4, -0.2) is 6.54 Å². The Labute approximate surface area is 318 Å². The number of benzene rings is 6. The van der Waals surface area contributed by atoms with Gasteiger partial charge in [-0.3, -0.25) is 0 Å². The van der Waals surface area contributed by atoms with Crippen LogP contribution in [0.4, 0.5) is 22.7 Å². The molecule has 0 fully saturated rings. The summed E-state index contributed by atoms with van der Waals surface area (Å²) in [5, 5.41) is 0. The Hall–Kier alpha value is -5.51. The third-order valence-corrected chi connectivity index (χ3v) is 12.5. The van der Waals surface area contributed by atoms with Crippen LogP contribution in [-0.2, 0) is 11.8 Å². The maximum absolute atomic E-state index is 2.51. The van der Waals surface area contributed by atoms with Crippen LogP contribution >= 0.6 is 11.8 Å². The van der Waals surface area contributed by atoms with Gasteiger partial charge in [0.15, 0.2) is 0 Å². The zero-order valence-electron chi connectivity index (χ0n) is 30.9. The van der Waals surface area contributed by atoms with E-state index in [1.165, 1.54) is 94.7 Å². The summed E-state index contributed by atoms with van der Waals surface area (Å²) in [5.41, 5.74) is 18.1. The molecule has 9 rings (SSSR count). The Morgan fingerprint density at radius 2 is 1.32 bits per heavy atom. The van der Waals surface area contributed by atoms with Crippen molar-refractivity contribution in [2.24, 2.45) is 0 Å². The summed E-state index contributed by atoms with van der Waals surface area (Å²) in [6.45, 7) is 10.4. The largest absolute Gasteiger partial charge is 0.345 e. The SMILES string of the molecule is CC(=CC1=C(C)c2ccc(C=Cc3ccc(-c4cccc(N5c6ccccc6Sc6ccccc65)c4)cc3)cc2C1(C)C)N1CCCc2ccccc21. The maximum Gasteiger partial charge on any atom is 0.0601 e. The van der Waals surface area contributed by atoms with Gasteiger partial charge in [0.25, 0.3) is 0 Å². The number of para-hydroxylation sites is 3. The third kappa shape index (κ3) is 6.03. The lowest BCUT2D eigenvalue weighted by Crippen LogP contribution is -2.28. The topological polar surface area (TPSA) is 6.48 Å². The smallest absolute Gasteiger partial charge is 0.0601 e. The van der Waals surface area contributed by atoms with Crippen molar-refractivity contribution in [2.45, 2.75) is 55.7 Å². The van der Waals surface area contributed by atoms with Gasteiger partial charge in [-0.05, 0) is 125 Å². The van der Waals surface area contributed by atoms with Crippen LogP contribution < -0.4 is 9.80 Å². The summed E-state index contributed by atoms with van der Waals surface area (Å²) >= 11 is 1.84. The van der Waals surface area contributed by atoms with Crippen molar-refractivity contribution in [1.82, 2.24) is 0 Å². The Kier molecular flexibility index (Phi) is 8.48. The minimum absolute atomic E-state index is 0.0762. The highest BCUT2D eigenvalue weighted by Gasteiger charge is 2.35. The lowest BCUT2D eigenvalue weighted by atomic mass is 9.80. The zero-order valence-corrected chi connectivity index (χ0v) is 31.8. The summed E-state index contributed by atoms with van der Waals surface area (Å²) in [7, 11) is 0. The van der Waals surface area contributed by atoms with Crippen molar-refractivity contribution in [1.29, 1.82) is 0 Å². The van der Waals surface area contributed by atoms with Crippen molar-refractivity contribution < 1.29 is 0 Å². The lowest BCUT2D eigenvalue weighted by Gasteiger charge is -2.33.